The van der Waals surface area contributed by atoms with Crippen LogP contribution in [0.4, 0.5) is 5.69 Å². The normalized spacial score (nSPS) is 15.9. The minimum atomic E-state index is 0.876. The van der Waals surface area contributed by atoms with E-state index in [9.17, 15) is 0 Å². The van der Waals surface area contributed by atoms with Gasteiger partial charge in [0.2, 0.25) is 0 Å². The molecule has 22 heavy (non-hydrogen) atoms. The molecular formula is C18H25N3O. The summed E-state index contributed by atoms with van der Waals surface area (Å²) in [5.41, 5.74) is 2.09. The van der Waals surface area contributed by atoms with Gasteiger partial charge in [-0.05, 0) is 56.8 Å². The van der Waals surface area contributed by atoms with Crippen LogP contribution in [0.3, 0.4) is 0 Å². The molecule has 2 aromatic rings. The van der Waals surface area contributed by atoms with Gasteiger partial charge in [0.05, 0.1) is 18.3 Å². The Balaban J connectivity index is 1.60. The topological polar surface area (TPSA) is 46.2 Å². The van der Waals surface area contributed by atoms with Crippen LogP contribution in [0, 0.1) is 5.92 Å². The van der Waals surface area contributed by atoms with Gasteiger partial charge >= 0.3 is 0 Å². The van der Waals surface area contributed by atoms with Crippen molar-refractivity contribution in [2.45, 2.75) is 25.7 Å². The van der Waals surface area contributed by atoms with Gasteiger partial charge in [0.1, 0.15) is 5.75 Å². The van der Waals surface area contributed by atoms with Crippen molar-refractivity contribution < 1.29 is 4.74 Å². The fourth-order valence-electron chi connectivity index (χ4n) is 3.20. The lowest BCUT2D eigenvalue weighted by Crippen LogP contribution is -2.27. The summed E-state index contributed by atoms with van der Waals surface area (Å²) in [5, 5.41) is 8.08. The number of anilines is 1. The van der Waals surface area contributed by atoms with Crippen molar-refractivity contribution in [2.75, 3.05) is 32.1 Å². The van der Waals surface area contributed by atoms with Gasteiger partial charge < -0.3 is 15.4 Å². The Morgan fingerprint density at radius 2 is 2.18 bits per heavy atom. The maximum absolute atomic E-state index is 5.39. The maximum atomic E-state index is 5.39. The molecule has 0 atom stereocenters. The number of hydrogen-bond donors (Lipinski definition) is 2. The number of piperidine rings is 1. The van der Waals surface area contributed by atoms with Crippen molar-refractivity contribution in [1.82, 2.24) is 10.3 Å². The molecule has 1 saturated heterocycles. The van der Waals surface area contributed by atoms with Crippen LogP contribution in [0.5, 0.6) is 5.75 Å². The lowest BCUT2D eigenvalue weighted by molar-refractivity contribution is 0.350. The zero-order chi connectivity index (χ0) is 15.2. The molecule has 0 bridgehead atoms. The molecule has 2 heterocycles. The molecule has 0 amide bonds. The Hall–Kier alpha value is -1.81. The van der Waals surface area contributed by atoms with E-state index in [-0.39, 0.29) is 0 Å². The van der Waals surface area contributed by atoms with Crippen molar-refractivity contribution in [3.63, 3.8) is 0 Å². The molecule has 1 aromatic carbocycles. The van der Waals surface area contributed by atoms with E-state index in [0.29, 0.717) is 0 Å². The number of pyridine rings is 1. The number of rotatable bonds is 6. The average Bonchev–Trinajstić information content (AvgIpc) is 2.59. The first-order valence-corrected chi connectivity index (χ1v) is 8.24. The number of methoxy groups -OCH3 is 1. The number of nitrogens with one attached hydrogen (secondary N) is 2. The molecule has 1 aliphatic rings. The van der Waals surface area contributed by atoms with Gasteiger partial charge in [-0.25, -0.2) is 0 Å². The average molecular weight is 299 g/mol. The lowest BCUT2D eigenvalue weighted by atomic mass is 9.93. The third kappa shape index (κ3) is 3.69. The Kier molecular flexibility index (Phi) is 5.11. The number of ether oxygens (including phenoxy) is 1. The predicted octanol–water partition coefficient (Wildman–Crippen LogP) is 3.44. The van der Waals surface area contributed by atoms with Crippen LogP contribution in [0.15, 0.2) is 30.5 Å². The summed E-state index contributed by atoms with van der Waals surface area (Å²) in [7, 11) is 1.71. The number of hydrogen-bond acceptors (Lipinski definition) is 4. The summed E-state index contributed by atoms with van der Waals surface area (Å²) in [6, 6.07) is 8.11. The summed E-state index contributed by atoms with van der Waals surface area (Å²) in [6.45, 7) is 3.36. The molecule has 0 aliphatic carbocycles. The number of aromatic nitrogens is 1. The van der Waals surface area contributed by atoms with Gasteiger partial charge in [0.25, 0.3) is 0 Å². The number of nitrogens with zero attached hydrogens (tertiary/aromatic N) is 1. The van der Waals surface area contributed by atoms with E-state index in [1.54, 1.807) is 7.11 Å². The van der Waals surface area contributed by atoms with Crippen molar-refractivity contribution >= 4 is 16.6 Å². The summed E-state index contributed by atoms with van der Waals surface area (Å²) >= 11 is 0. The highest BCUT2D eigenvalue weighted by molar-refractivity contribution is 5.91. The van der Waals surface area contributed by atoms with E-state index < -0.39 is 0 Å². The van der Waals surface area contributed by atoms with Crippen LogP contribution in [-0.4, -0.2) is 31.7 Å². The van der Waals surface area contributed by atoms with E-state index in [0.717, 1.165) is 34.8 Å². The van der Waals surface area contributed by atoms with Crippen LogP contribution < -0.4 is 15.4 Å². The highest BCUT2D eigenvalue weighted by Gasteiger charge is 2.12. The molecule has 4 heteroatoms. The zero-order valence-corrected chi connectivity index (χ0v) is 13.3. The Labute approximate surface area is 132 Å². The van der Waals surface area contributed by atoms with Gasteiger partial charge in [-0.15, -0.1) is 0 Å². The maximum Gasteiger partial charge on any atom is 0.121 e. The molecule has 0 radical (unpaired) electrons. The molecule has 3 rings (SSSR count). The second-order valence-corrected chi connectivity index (χ2v) is 6.01. The fraction of sp³-hybridized carbons (Fsp3) is 0.500. The molecule has 0 saturated carbocycles. The van der Waals surface area contributed by atoms with Crippen LogP contribution in [0.25, 0.3) is 10.9 Å². The van der Waals surface area contributed by atoms with Crippen molar-refractivity contribution in [3.05, 3.63) is 30.5 Å². The Bertz CT molecular complexity index is 608. The van der Waals surface area contributed by atoms with Gasteiger partial charge in [-0.3, -0.25) is 4.98 Å². The first-order valence-electron chi connectivity index (χ1n) is 8.24. The van der Waals surface area contributed by atoms with Gasteiger partial charge in [0.15, 0.2) is 0 Å². The second kappa shape index (κ2) is 7.45. The van der Waals surface area contributed by atoms with E-state index >= 15 is 0 Å². The molecule has 2 N–H and O–H groups in total. The van der Waals surface area contributed by atoms with Crippen molar-refractivity contribution in [3.8, 4) is 5.75 Å². The minimum Gasteiger partial charge on any atom is -0.497 e. The molecule has 118 valence electrons. The molecule has 1 aliphatic heterocycles. The summed E-state index contributed by atoms with van der Waals surface area (Å²) in [6.07, 6.45) is 7.00. The SMILES string of the molecule is COc1cc(NCCCC2CCNCC2)c2ncccc2c1. The molecule has 1 aromatic heterocycles. The molecule has 0 spiro atoms. The van der Waals surface area contributed by atoms with Crippen LogP contribution in [0.2, 0.25) is 0 Å². The first kappa shape index (κ1) is 15.1. The van der Waals surface area contributed by atoms with Gasteiger partial charge in [0, 0.05) is 24.2 Å². The smallest absolute Gasteiger partial charge is 0.121 e. The van der Waals surface area contributed by atoms with Gasteiger partial charge in [-0.1, -0.05) is 6.07 Å². The van der Waals surface area contributed by atoms with Crippen LogP contribution >= 0.6 is 0 Å². The minimum absolute atomic E-state index is 0.876. The standard InChI is InChI=1S/C18H25N3O/c1-22-16-12-15-5-3-9-21-18(15)17(13-16)20-8-2-4-14-6-10-19-11-7-14/h3,5,9,12-14,19-20H,2,4,6-8,10-11H2,1H3. The Morgan fingerprint density at radius 1 is 1.32 bits per heavy atom. The summed E-state index contributed by atoms with van der Waals surface area (Å²) in [4.78, 5) is 4.50. The van der Waals surface area contributed by atoms with E-state index in [4.69, 9.17) is 4.74 Å². The first-order chi connectivity index (χ1) is 10.9. The number of benzene rings is 1. The monoisotopic (exact) mass is 299 g/mol. The van der Waals surface area contributed by atoms with E-state index in [2.05, 4.69) is 21.7 Å². The third-order valence-electron chi connectivity index (χ3n) is 4.48. The molecular weight excluding hydrogens is 274 g/mol. The predicted molar refractivity (Wildman–Crippen MR) is 91.6 cm³/mol. The highest BCUT2D eigenvalue weighted by Crippen LogP contribution is 2.28. The lowest BCUT2D eigenvalue weighted by Gasteiger charge is -2.22. The van der Waals surface area contributed by atoms with E-state index in [1.807, 2.05) is 24.4 Å². The molecule has 1 fully saturated rings. The summed E-state index contributed by atoms with van der Waals surface area (Å²) < 4.78 is 5.39. The highest BCUT2D eigenvalue weighted by atomic mass is 16.5. The number of fused-ring (bicyclic) bond motifs is 1. The Morgan fingerprint density at radius 3 is 3.00 bits per heavy atom. The quantitative estimate of drug-likeness (QED) is 0.802. The molecule has 0 unspecified atom stereocenters. The van der Waals surface area contributed by atoms with Crippen LogP contribution in [-0.2, 0) is 0 Å². The molecule has 4 nitrogen and oxygen atoms in total. The fourth-order valence-corrected chi connectivity index (χ4v) is 3.20. The largest absolute Gasteiger partial charge is 0.497 e. The van der Waals surface area contributed by atoms with Crippen molar-refractivity contribution in [1.29, 1.82) is 0 Å². The van der Waals surface area contributed by atoms with Gasteiger partial charge in [-0.2, -0.15) is 0 Å². The van der Waals surface area contributed by atoms with Crippen LogP contribution in [0.1, 0.15) is 25.7 Å². The third-order valence-corrected chi connectivity index (χ3v) is 4.48. The second-order valence-electron chi connectivity index (χ2n) is 6.01. The zero-order valence-electron chi connectivity index (χ0n) is 13.3. The summed E-state index contributed by atoms with van der Waals surface area (Å²) in [5.74, 6) is 1.77. The van der Waals surface area contributed by atoms with E-state index in [1.165, 1.54) is 38.8 Å². The van der Waals surface area contributed by atoms with Crippen molar-refractivity contribution in [2.24, 2.45) is 5.92 Å².